The molecule has 0 saturated carbocycles. The third-order valence-electron chi connectivity index (χ3n) is 5.09. The van der Waals surface area contributed by atoms with Crippen LogP contribution in [0.2, 0.25) is 0 Å². The average molecular weight is 427 g/mol. The number of hydrogen-bond donors (Lipinski definition) is 2. The Morgan fingerprint density at radius 2 is 2.00 bits per heavy atom. The molecule has 1 saturated heterocycles. The standard InChI is InChI=1S/C23H22N2O4.ClH/c1-3-14-9-17-19(12-21(14)28-2)25-18(15-7-5-4-6-8-15)11-22(17)29-16-10-20(23(26)27)24-13-16;/h3-9,11-12,16,20,24H,1,10,13H2,2H3,(H,26,27);1H/t16?,20-;/m0./s1. The summed E-state index contributed by atoms with van der Waals surface area (Å²) >= 11 is 0. The molecule has 1 aromatic heterocycles. The third-order valence-corrected chi connectivity index (χ3v) is 5.09. The summed E-state index contributed by atoms with van der Waals surface area (Å²) < 4.78 is 11.7. The number of halogens is 1. The number of aliphatic carboxylic acids is 1. The van der Waals surface area contributed by atoms with Crippen LogP contribution in [-0.2, 0) is 4.79 Å². The van der Waals surface area contributed by atoms with Gasteiger partial charge in [0.05, 0.1) is 18.3 Å². The number of pyridine rings is 1. The molecule has 156 valence electrons. The fourth-order valence-corrected chi connectivity index (χ4v) is 3.59. The van der Waals surface area contributed by atoms with Crippen molar-refractivity contribution < 1.29 is 19.4 Å². The second-order valence-electron chi connectivity index (χ2n) is 6.96. The SMILES string of the molecule is C=Cc1cc2c(OC3CN[C@H](C(=O)O)C3)cc(-c3ccccc3)nc2cc1OC.Cl. The molecule has 0 amide bonds. The minimum absolute atomic E-state index is 0. The summed E-state index contributed by atoms with van der Waals surface area (Å²) in [5.74, 6) is 0.487. The molecule has 1 aliphatic rings. The quantitative estimate of drug-likeness (QED) is 0.615. The van der Waals surface area contributed by atoms with E-state index in [2.05, 4.69) is 11.9 Å². The van der Waals surface area contributed by atoms with Gasteiger partial charge < -0.3 is 19.9 Å². The second-order valence-corrected chi connectivity index (χ2v) is 6.96. The number of benzene rings is 2. The van der Waals surface area contributed by atoms with Gasteiger partial charge in [-0.25, -0.2) is 4.98 Å². The molecule has 0 aliphatic carbocycles. The highest BCUT2D eigenvalue weighted by Gasteiger charge is 2.31. The van der Waals surface area contributed by atoms with Crippen molar-refractivity contribution in [3.63, 3.8) is 0 Å². The smallest absolute Gasteiger partial charge is 0.320 e. The van der Waals surface area contributed by atoms with Crippen molar-refractivity contribution in [1.29, 1.82) is 0 Å². The Morgan fingerprint density at radius 1 is 1.23 bits per heavy atom. The van der Waals surface area contributed by atoms with E-state index in [-0.39, 0.29) is 18.5 Å². The zero-order chi connectivity index (χ0) is 20.4. The van der Waals surface area contributed by atoms with E-state index in [1.165, 1.54) is 0 Å². The van der Waals surface area contributed by atoms with E-state index in [1.807, 2.05) is 48.5 Å². The van der Waals surface area contributed by atoms with E-state index < -0.39 is 12.0 Å². The zero-order valence-electron chi connectivity index (χ0n) is 16.5. The van der Waals surface area contributed by atoms with Crippen LogP contribution in [0.15, 0.2) is 55.1 Å². The van der Waals surface area contributed by atoms with Gasteiger partial charge >= 0.3 is 5.97 Å². The van der Waals surface area contributed by atoms with Crippen molar-refractivity contribution in [3.05, 3.63) is 60.7 Å². The Kier molecular flexibility index (Phi) is 6.59. The van der Waals surface area contributed by atoms with Crippen molar-refractivity contribution in [2.24, 2.45) is 0 Å². The molecule has 4 rings (SSSR count). The van der Waals surface area contributed by atoms with Crippen LogP contribution in [0.1, 0.15) is 12.0 Å². The molecule has 3 aromatic rings. The maximum Gasteiger partial charge on any atom is 0.320 e. The Balaban J connectivity index is 0.00000256. The minimum Gasteiger partial charge on any atom is -0.496 e. The van der Waals surface area contributed by atoms with Gasteiger partial charge in [-0.2, -0.15) is 0 Å². The largest absolute Gasteiger partial charge is 0.496 e. The van der Waals surface area contributed by atoms with Gasteiger partial charge in [0.2, 0.25) is 0 Å². The van der Waals surface area contributed by atoms with Crippen LogP contribution >= 0.6 is 12.4 Å². The van der Waals surface area contributed by atoms with Crippen LogP contribution < -0.4 is 14.8 Å². The predicted molar refractivity (Wildman–Crippen MR) is 120 cm³/mol. The maximum absolute atomic E-state index is 11.3. The van der Waals surface area contributed by atoms with Crippen molar-refractivity contribution in [2.75, 3.05) is 13.7 Å². The first-order valence-electron chi connectivity index (χ1n) is 9.42. The summed E-state index contributed by atoms with van der Waals surface area (Å²) in [5.41, 5.74) is 3.33. The van der Waals surface area contributed by atoms with Gasteiger partial charge in [0.1, 0.15) is 23.6 Å². The molecule has 0 spiro atoms. The number of hydrogen-bond acceptors (Lipinski definition) is 5. The fraction of sp³-hybridized carbons (Fsp3) is 0.217. The van der Waals surface area contributed by atoms with Crippen molar-refractivity contribution in [1.82, 2.24) is 10.3 Å². The van der Waals surface area contributed by atoms with Crippen molar-refractivity contribution in [2.45, 2.75) is 18.6 Å². The summed E-state index contributed by atoms with van der Waals surface area (Å²) in [6.45, 7) is 4.34. The number of carboxylic acid groups (broad SMARTS) is 1. The van der Waals surface area contributed by atoms with Crippen LogP contribution in [0.4, 0.5) is 0 Å². The summed E-state index contributed by atoms with van der Waals surface area (Å²) in [5, 5.41) is 13.1. The highest BCUT2D eigenvalue weighted by Crippen LogP contribution is 2.35. The number of aromatic nitrogens is 1. The number of fused-ring (bicyclic) bond motifs is 1. The van der Waals surface area contributed by atoms with E-state index in [4.69, 9.17) is 14.5 Å². The van der Waals surface area contributed by atoms with E-state index in [1.54, 1.807) is 13.2 Å². The molecular formula is C23H23ClN2O4. The van der Waals surface area contributed by atoms with Gasteiger partial charge in [0, 0.05) is 41.6 Å². The molecule has 2 aromatic carbocycles. The van der Waals surface area contributed by atoms with Gasteiger partial charge in [0.15, 0.2) is 0 Å². The molecule has 2 atom stereocenters. The third kappa shape index (κ3) is 4.25. The molecule has 0 radical (unpaired) electrons. The lowest BCUT2D eigenvalue weighted by Gasteiger charge is -2.17. The van der Waals surface area contributed by atoms with Crippen LogP contribution in [0.25, 0.3) is 28.2 Å². The summed E-state index contributed by atoms with van der Waals surface area (Å²) in [6.07, 6.45) is 1.90. The van der Waals surface area contributed by atoms with E-state index in [0.29, 0.717) is 24.5 Å². The molecular weight excluding hydrogens is 404 g/mol. The van der Waals surface area contributed by atoms with E-state index in [9.17, 15) is 9.90 Å². The van der Waals surface area contributed by atoms with Gasteiger partial charge in [0.25, 0.3) is 0 Å². The molecule has 7 heteroatoms. The lowest BCUT2D eigenvalue weighted by molar-refractivity contribution is -0.139. The lowest BCUT2D eigenvalue weighted by atomic mass is 10.1. The number of ether oxygens (including phenoxy) is 2. The Labute approximate surface area is 180 Å². The summed E-state index contributed by atoms with van der Waals surface area (Å²) in [6, 6.07) is 15.0. The molecule has 2 N–H and O–H groups in total. The Bertz CT molecular complexity index is 1070. The number of rotatable bonds is 6. The highest BCUT2D eigenvalue weighted by molar-refractivity contribution is 5.91. The molecule has 0 bridgehead atoms. The van der Waals surface area contributed by atoms with E-state index in [0.717, 1.165) is 27.7 Å². The highest BCUT2D eigenvalue weighted by atomic mass is 35.5. The van der Waals surface area contributed by atoms with Crippen LogP contribution in [0.3, 0.4) is 0 Å². The topological polar surface area (TPSA) is 80.7 Å². The molecule has 30 heavy (non-hydrogen) atoms. The predicted octanol–water partition coefficient (Wildman–Crippen LogP) is 4.17. The first kappa shape index (κ1) is 21.6. The molecule has 2 heterocycles. The minimum atomic E-state index is -0.862. The zero-order valence-corrected chi connectivity index (χ0v) is 17.3. The van der Waals surface area contributed by atoms with Crippen LogP contribution in [0.5, 0.6) is 11.5 Å². The Hall–Kier alpha value is -3.09. The van der Waals surface area contributed by atoms with Gasteiger partial charge in [-0.1, -0.05) is 43.0 Å². The first-order chi connectivity index (χ1) is 14.1. The molecule has 1 fully saturated rings. The van der Waals surface area contributed by atoms with Crippen LogP contribution in [0, 0.1) is 0 Å². The van der Waals surface area contributed by atoms with Crippen molar-refractivity contribution in [3.8, 4) is 22.8 Å². The number of nitrogens with zero attached hydrogens (tertiary/aromatic N) is 1. The summed E-state index contributed by atoms with van der Waals surface area (Å²) in [4.78, 5) is 16.1. The fourth-order valence-electron chi connectivity index (χ4n) is 3.59. The van der Waals surface area contributed by atoms with Crippen molar-refractivity contribution >= 4 is 35.4 Å². The Morgan fingerprint density at radius 3 is 2.63 bits per heavy atom. The van der Waals surface area contributed by atoms with E-state index >= 15 is 0 Å². The number of methoxy groups -OCH3 is 1. The average Bonchev–Trinajstić information content (AvgIpc) is 3.22. The number of carbonyl (C=O) groups is 1. The van der Waals surface area contributed by atoms with Gasteiger partial charge in [-0.15, -0.1) is 12.4 Å². The maximum atomic E-state index is 11.3. The monoisotopic (exact) mass is 426 g/mol. The molecule has 6 nitrogen and oxygen atoms in total. The normalized spacial score (nSPS) is 17.9. The van der Waals surface area contributed by atoms with Crippen LogP contribution in [-0.4, -0.2) is 41.9 Å². The lowest BCUT2D eigenvalue weighted by Crippen LogP contribution is -2.30. The van der Waals surface area contributed by atoms with Gasteiger partial charge in [-0.3, -0.25) is 4.79 Å². The molecule has 1 aliphatic heterocycles. The summed E-state index contributed by atoms with van der Waals surface area (Å²) in [7, 11) is 1.61. The van der Waals surface area contributed by atoms with Gasteiger partial charge in [-0.05, 0) is 6.07 Å². The molecule has 1 unspecified atom stereocenters. The number of carboxylic acids is 1. The number of nitrogens with one attached hydrogen (secondary N) is 1. The second kappa shape index (κ2) is 9.15. The first-order valence-corrected chi connectivity index (χ1v) is 9.42.